The molecule has 2 unspecified atom stereocenters. The molecule has 10 nitrogen and oxygen atoms in total. The van der Waals surface area contributed by atoms with Gasteiger partial charge < -0.3 is 39.4 Å². The maximum absolute atomic E-state index is 12.8. The molecule has 0 aromatic carbocycles. The first-order valence-corrected chi connectivity index (χ1v) is 22.4. The lowest BCUT2D eigenvalue weighted by Crippen LogP contribution is -2.59. The van der Waals surface area contributed by atoms with Crippen molar-refractivity contribution in [1.82, 2.24) is 0 Å². The molecule has 1 heterocycles. The van der Waals surface area contributed by atoms with Crippen LogP contribution in [0.3, 0.4) is 0 Å². The van der Waals surface area contributed by atoms with Gasteiger partial charge in [0, 0.05) is 12.8 Å². The lowest BCUT2D eigenvalue weighted by molar-refractivity contribution is -0.305. The normalized spacial score (nSPS) is 20.5. The Labute approximate surface area is 334 Å². The molecule has 55 heavy (non-hydrogen) atoms. The summed E-state index contributed by atoms with van der Waals surface area (Å²) in [6.45, 7) is 4.93. The third kappa shape index (κ3) is 28.3. The average Bonchev–Trinajstić information content (AvgIpc) is 3.18. The van der Waals surface area contributed by atoms with Gasteiger partial charge in [-0.05, 0) is 51.4 Å². The average molecular weight is 783 g/mol. The first-order valence-electron chi connectivity index (χ1n) is 22.4. The van der Waals surface area contributed by atoms with Crippen molar-refractivity contribution < 1.29 is 49.0 Å². The molecule has 1 fully saturated rings. The molecule has 0 aliphatic carbocycles. The molecular weight excluding hydrogens is 700 g/mol. The van der Waals surface area contributed by atoms with Crippen LogP contribution in [0.2, 0.25) is 0 Å². The van der Waals surface area contributed by atoms with E-state index in [2.05, 4.69) is 25.7 Å². The van der Waals surface area contributed by atoms with Gasteiger partial charge in [0.2, 0.25) is 0 Å². The maximum Gasteiger partial charge on any atom is 0.306 e. The minimum Gasteiger partial charge on any atom is -0.462 e. The van der Waals surface area contributed by atoms with Gasteiger partial charge >= 0.3 is 11.9 Å². The van der Waals surface area contributed by atoms with Gasteiger partial charge in [-0.3, -0.25) is 9.59 Å². The SMILES string of the molecule is C=CCCCCCCCCCCCCCCCC(=O)OC[C@@H](CO[C@H]1O[C@@H](CO)[C@@H](O)C(O)C1O)OC(=O)CCCCCCCCC/C=C/CCCCCC. The smallest absolute Gasteiger partial charge is 0.306 e. The molecule has 0 bridgehead atoms. The van der Waals surface area contributed by atoms with Crippen LogP contribution in [-0.2, 0) is 28.5 Å². The quantitative estimate of drug-likeness (QED) is 0.0271. The topological polar surface area (TPSA) is 152 Å². The number of hydrogen-bond acceptors (Lipinski definition) is 10. The number of ether oxygens (including phenoxy) is 4. The zero-order valence-corrected chi connectivity index (χ0v) is 34.8. The highest BCUT2D eigenvalue weighted by Gasteiger charge is 2.44. The molecule has 1 aliphatic rings. The molecule has 10 heteroatoms. The second kappa shape index (κ2) is 36.5. The summed E-state index contributed by atoms with van der Waals surface area (Å²) in [6, 6.07) is 0. The summed E-state index contributed by atoms with van der Waals surface area (Å²) in [4.78, 5) is 25.3. The number of hydrogen-bond donors (Lipinski definition) is 4. The van der Waals surface area contributed by atoms with E-state index in [0.717, 1.165) is 51.4 Å². The van der Waals surface area contributed by atoms with Crippen molar-refractivity contribution >= 4 is 11.9 Å². The van der Waals surface area contributed by atoms with Crippen LogP contribution < -0.4 is 0 Å². The van der Waals surface area contributed by atoms with E-state index in [4.69, 9.17) is 18.9 Å². The molecule has 4 N–H and O–H groups in total. The molecule has 322 valence electrons. The van der Waals surface area contributed by atoms with Gasteiger partial charge in [0.25, 0.3) is 0 Å². The fourth-order valence-electron chi connectivity index (χ4n) is 6.87. The summed E-state index contributed by atoms with van der Waals surface area (Å²) in [7, 11) is 0. The number of rotatable bonds is 38. The van der Waals surface area contributed by atoms with Gasteiger partial charge in [0.1, 0.15) is 31.0 Å². The van der Waals surface area contributed by atoms with Gasteiger partial charge in [-0.2, -0.15) is 0 Å². The Morgan fingerprint density at radius 1 is 0.600 bits per heavy atom. The summed E-state index contributed by atoms with van der Waals surface area (Å²) < 4.78 is 22.2. The predicted octanol–water partition coefficient (Wildman–Crippen LogP) is 9.33. The Morgan fingerprint density at radius 2 is 1.05 bits per heavy atom. The van der Waals surface area contributed by atoms with E-state index in [1.807, 2.05) is 6.08 Å². The fourth-order valence-corrected chi connectivity index (χ4v) is 6.87. The van der Waals surface area contributed by atoms with E-state index in [-0.39, 0.29) is 32.0 Å². The van der Waals surface area contributed by atoms with Gasteiger partial charge in [-0.25, -0.2) is 0 Å². The molecule has 0 radical (unpaired) electrons. The van der Waals surface area contributed by atoms with Crippen LogP contribution in [0.5, 0.6) is 0 Å². The molecule has 1 aliphatic heterocycles. The van der Waals surface area contributed by atoms with E-state index in [9.17, 15) is 30.0 Å². The number of aliphatic hydroxyl groups excluding tert-OH is 4. The summed E-state index contributed by atoms with van der Waals surface area (Å²) in [5.41, 5.74) is 0. The Balaban J connectivity index is 2.32. The van der Waals surface area contributed by atoms with Crippen molar-refractivity contribution in [3.8, 4) is 0 Å². The Kier molecular flexibility index (Phi) is 34.0. The number of aliphatic hydroxyl groups is 4. The highest BCUT2D eigenvalue weighted by atomic mass is 16.7. The highest BCUT2D eigenvalue weighted by Crippen LogP contribution is 2.23. The molecule has 0 amide bonds. The standard InChI is InChI=1S/C45H82O10/c1-3-5-7-9-11-13-15-17-19-21-23-25-27-29-31-33-40(47)52-36-38(37-53-45-44(51)43(50)42(49)39(35-46)55-45)54-41(48)34-32-30-28-26-24-22-20-18-16-14-12-10-8-6-4-2/h3,14,16,38-39,42-46,49-51H,1,4-13,15,17-37H2,2H3/b16-14+/t38-,39-,42+,43?,44?,45-/m0/s1. The molecule has 0 aromatic heterocycles. The van der Waals surface area contributed by atoms with Gasteiger partial charge in [0.05, 0.1) is 13.2 Å². The van der Waals surface area contributed by atoms with Crippen LogP contribution >= 0.6 is 0 Å². The summed E-state index contributed by atoms with van der Waals surface area (Å²) in [5, 5.41) is 40.0. The number of carbonyl (C=O) groups excluding carboxylic acids is 2. The Hall–Kier alpha value is -1.82. The monoisotopic (exact) mass is 783 g/mol. The molecule has 0 saturated carbocycles. The third-order valence-electron chi connectivity index (χ3n) is 10.5. The molecule has 0 aromatic rings. The van der Waals surface area contributed by atoms with Crippen molar-refractivity contribution in [3.05, 3.63) is 24.8 Å². The number of carbonyl (C=O) groups is 2. The van der Waals surface area contributed by atoms with E-state index >= 15 is 0 Å². The van der Waals surface area contributed by atoms with Gasteiger partial charge in [-0.15, -0.1) is 6.58 Å². The second-order valence-electron chi connectivity index (χ2n) is 15.6. The molecule has 6 atom stereocenters. The first-order chi connectivity index (χ1) is 26.8. The zero-order chi connectivity index (χ0) is 40.2. The van der Waals surface area contributed by atoms with Crippen molar-refractivity contribution in [2.45, 2.75) is 230 Å². The lowest BCUT2D eigenvalue weighted by Gasteiger charge is -2.39. The van der Waals surface area contributed by atoms with E-state index in [1.54, 1.807) is 0 Å². The Morgan fingerprint density at radius 3 is 1.55 bits per heavy atom. The minimum absolute atomic E-state index is 0.217. The maximum atomic E-state index is 12.8. The van der Waals surface area contributed by atoms with Crippen molar-refractivity contribution in [3.63, 3.8) is 0 Å². The van der Waals surface area contributed by atoms with Crippen molar-refractivity contribution in [2.75, 3.05) is 19.8 Å². The van der Waals surface area contributed by atoms with Crippen LogP contribution in [0.15, 0.2) is 24.8 Å². The minimum atomic E-state index is -1.59. The first kappa shape index (κ1) is 51.2. The van der Waals surface area contributed by atoms with E-state index in [1.165, 1.54) is 116 Å². The highest BCUT2D eigenvalue weighted by molar-refractivity contribution is 5.70. The third-order valence-corrected chi connectivity index (χ3v) is 10.5. The predicted molar refractivity (Wildman–Crippen MR) is 219 cm³/mol. The van der Waals surface area contributed by atoms with Crippen molar-refractivity contribution in [2.24, 2.45) is 0 Å². The molecular formula is C45H82O10. The van der Waals surface area contributed by atoms with Crippen LogP contribution in [0, 0.1) is 0 Å². The summed E-state index contributed by atoms with van der Waals surface area (Å²) >= 11 is 0. The molecule has 1 rings (SSSR count). The van der Waals surface area contributed by atoms with Gasteiger partial charge in [-0.1, -0.05) is 147 Å². The zero-order valence-electron chi connectivity index (χ0n) is 34.8. The van der Waals surface area contributed by atoms with Crippen LogP contribution in [-0.4, -0.2) is 89.0 Å². The number of esters is 2. The molecule has 1 saturated heterocycles. The van der Waals surface area contributed by atoms with Crippen LogP contribution in [0.25, 0.3) is 0 Å². The van der Waals surface area contributed by atoms with Crippen molar-refractivity contribution in [1.29, 1.82) is 0 Å². The number of allylic oxidation sites excluding steroid dienone is 3. The summed E-state index contributed by atoms with van der Waals surface area (Å²) in [5.74, 6) is -0.809. The second-order valence-corrected chi connectivity index (χ2v) is 15.6. The largest absolute Gasteiger partial charge is 0.462 e. The van der Waals surface area contributed by atoms with Gasteiger partial charge in [0.15, 0.2) is 12.4 Å². The summed E-state index contributed by atoms with van der Waals surface area (Å²) in [6.07, 6.45) is 30.7. The lowest BCUT2D eigenvalue weighted by atomic mass is 9.99. The van der Waals surface area contributed by atoms with Crippen LogP contribution in [0.1, 0.15) is 193 Å². The fraction of sp³-hybridized carbons (Fsp3) is 0.867. The number of unbranched alkanes of at least 4 members (excludes halogenated alkanes) is 24. The Bertz CT molecular complexity index is 941. The van der Waals surface area contributed by atoms with E-state index in [0.29, 0.717) is 6.42 Å². The van der Waals surface area contributed by atoms with E-state index < -0.39 is 49.4 Å². The van der Waals surface area contributed by atoms with Crippen LogP contribution in [0.4, 0.5) is 0 Å². The molecule has 0 spiro atoms.